The van der Waals surface area contributed by atoms with Crippen molar-refractivity contribution in [1.82, 2.24) is 4.98 Å². The van der Waals surface area contributed by atoms with Crippen molar-refractivity contribution in [2.75, 3.05) is 11.9 Å². The van der Waals surface area contributed by atoms with E-state index in [1.165, 1.54) is 12.1 Å². The van der Waals surface area contributed by atoms with Crippen LogP contribution in [0.2, 0.25) is 0 Å². The number of nitrogens with one attached hydrogen (secondary N) is 1. The van der Waals surface area contributed by atoms with Gasteiger partial charge in [0.1, 0.15) is 6.10 Å². The summed E-state index contributed by atoms with van der Waals surface area (Å²) in [4.78, 5) is 3.56. The fraction of sp³-hybridized carbons (Fsp3) is 0.214. The molecule has 1 heterocycles. The van der Waals surface area contributed by atoms with Crippen molar-refractivity contribution < 1.29 is 22.3 Å². The molecule has 0 spiro atoms. The molecule has 0 fully saturated rings. The molecule has 0 aliphatic carbocycles. The van der Waals surface area contributed by atoms with Gasteiger partial charge in [0.15, 0.2) is 0 Å². The minimum Gasteiger partial charge on any atom is -0.385 e. The van der Waals surface area contributed by atoms with Crippen molar-refractivity contribution in [3.8, 4) is 0 Å². The molecule has 0 saturated heterocycles. The smallest absolute Gasteiger partial charge is 0.341 e. The molecule has 0 radical (unpaired) electrons. The van der Waals surface area contributed by atoms with Gasteiger partial charge in [-0.15, -0.1) is 0 Å². The second kappa shape index (κ2) is 6.80. The first kappa shape index (κ1) is 16.3. The van der Waals surface area contributed by atoms with Crippen molar-refractivity contribution in [3.63, 3.8) is 0 Å². The summed E-state index contributed by atoms with van der Waals surface area (Å²) in [6.07, 6.45) is 0.716. The maximum Gasteiger partial charge on any atom is 0.341 e. The summed E-state index contributed by atoms with van der Waals surface area (Å²) in [5, 5.41) is 12.8. The normalized spacial score (nSPS) is 13.1. The number of pyridine rings is 1. The average Bonchev–Trinajstić information content (AvgIpc) is 2.53. The predicted octanol–water partition coefficient (Wildman–Crippen LogP) is 2.22. The molecule has 2 N–H and O–H groups in total. The van der Waals surface area contributed by atoms with Crippen LogP contribution in [0.3, 0.4) is 0 Å². The van der Waals surface area contributed by atoms with Gasteiger partial charge < -0.3 is 10.4 Å². The number of aliphatic hydroxyl groups excluding tert-OH is 1. The standard InChI is InChI=1S/C14H14F2N2O3S/c15-14(16)22(20,21)11-6-4-10(5-7-11)18-9-13(19)12-3-1-2-8-17-12/h1-8,13-14,18-19H,9H2. The lowest BCUT2D eigenvalue weighted by Gasteiger charge is -2.12. The Labute approximate surface area is 126 Å². The molecule has 2 rings (SSSR count). The molecule has 2 aromatic rings. The minimum atomic E-state index is -4.59. The number of rotatable bonds is 6. The minimum absolute atomic E-state index is 0.151. The third-order valence-corrected chi connectivity index (χ3v) is 4.34. The van der Waals surface area contributed by atoms with E-state index in [0.29, 0.717) is 11.4 Å². The summed E-state index contributed by atoms with van der Waals surface area (Å²) in [5.41, 5.74) is 0.995. The van der Waals surface area contributed by atoms with Crippen LogP contribution in [0.15, 0.2) is 53.6 Å². The summed E-state index contributed by atoms with van der Waals surface area (Å²) in [7, 11) is -4.59. The van der Waals surface area contributed by atoms with Gasteiger partial charge in [-0.25, -0.2) is 8.42 Å². The van der Waals surface area contributed by atoms with E-state index < -0.39 is 26.6 Å². The van der Waals surface area contributed by atoms with Crippen LogP contribution in [0.1, 0.15) is 11.8 Å². The Morgan fingerprint density at radius 2 is 1.82 bits per heavy atom. The Balaban J connectivity index is 2.01. The Bertz CT molecular complexity index is 707. The highest BCUT2D eigenvalue weighted by molar-refractivity contribution is 7.91. The number of anilines is 1. The summed E-state index contributed by atoms with van der Waals surface area (Å²) in [6, 6.07) is 10.1. The maximum atomic E-state index is 12.4. The van der Waals surface area contributed by atoms with Crippen molar-refractivity contribution >= 4 is 15.5 Å². The van der Waals surface area contributed by atoms with Gasteiger partial charge in [-0.2, -0.15) is 8.78 Å². The summed E-state index contributed by atoms with van der Waals surface area (Å²) in [6.45, 7) is 0.151. The molecule has 1 aromatic heterocycles. The maximum absolute atomic E-state index is 12.4. The van der Waals surface area contributed by atoms with Gasteiger partial charge >= 0.3 is 5.76 Å². The Morgan fingerprint density at radius 3 is 2.36 bits per heavy atom. The molecule has 1 aromatic carbocycles. The van der Waals surface area contributed by atoms with Crippen LogP contribution in [-0.4, -0.2) is 30.8 Å². The van der Waals surface area contributed by atoms with Gasteiger partial charge in [0.25, 0.3) is 0 Å². The van der Waals surface area contributed by atoms with E-state index in [0.717, 1.165) is 12.1 Å². The summed E-state index contributed by atoms with van der Waals surface area (Å²) in [5.74, 6) is -3.45. The van der Waals surface area contributed by atoms with Crippen molar-refractivity contribution in [1.29, 1.82) is 0 Å². The molecular weight excluding hydrogens is 314 g/mol. The van der Waals surface area contributed by atoms with E-state index in [4.69, 9.17) is 0 Å². The number of hydrogen-bond acceptors (Lipinski definition) is 5. The molecule has 22 heavy (non-hydrogen) atoms. The molecule has 0 amide bonds. The van der Waals surface area contributed by atoms with Crippen molar-refractivity contribution in [2.45, 2.75) is 16.8 Å². The highest BCUT2D eigenvalue weighted by Crippen LogP contribution is 2.20. The molecule has 0 aliphatic rings. The molecule has 1 unspecified atom stereocenters. The molecule has 0 bridgehead atoms. The number of sulfone groups is 1. The Morgan fingerprint density at radius 1 is 1.14 bits per heavy atom. The SMILES string of the molecule is O=S(=O)(c1ccc(NCC(O)c2ccccn2)cc1)C(F)F. The van der Waals surface area contributed by atoms with E-state index in [1.54, 1.807) is 24.4 Å². The number of benzene rings is 1. The third kappa shape index (κ3) is 3.77. The number of aromatic nitrogens is 1. The molecule has 8 heteroatoms. The van der Waals surface area contributed by atoms with Gasteiger partial charge in [0.2, 0.25) is 9.84 Å². The zero-order chi connectivity index (χ0) is 16.2. The molecule has 0 saturated carbocycles. The largest absolute Gasteiger partial charge is 0.385 e. The van der Waals surface area contributed by atoms with Gasteiger partial charge in [0, 0.05) is 18.4 Å². The van der Waals surface area contributed by atoms with E-state index in [2.05, 4.69) is 10.3 Å². The first-order chi connectivity index (χ1) is 10.4. The first-order valence-corrected chi connectivity index (χ1v) is 7.91. The lowest BCUT2D eigenvalue weighted by molar-refractivity contribution is 0.187. The zero-order valence-electron chi connectivity index (χ0n) is 11.4. The van der Waals surface area contributed by atoms with Crippen LogP contribution >= 0.6 is 0 Å². The molecule has 0 aliphatic heterocycles. The van der Waals surface area contributed by atoms with E-state index in [-0.39, 0.29) is 6.54 Å². The van der Waals surface area contributed by atoms with Crippen LogP contribution in [0, 0.1) is 0 Å². The average molecular weight is 328 g/mol. The Kier molecular flexibility index (Phi) is 5.04. The topological polar surface area (TPSA) is 79.3 Å². The lowest BCUT2D eigenvalue weighted by Crippen LogP contribution is -2.14. The van der Waals surface area contributed by atoms with Crippen molar-refractivity contribution in [2.24, 2.45) is 0 Å². The number of nitrogens with zero attached hydrogens (tertiary/aromatic N) is 1. The number of aliphatic hydroxyl groups is 1. The van der Waals surface area contributed by atoms with Crippen LogP contribution in [-0.2, 0) is 9.84 Å². The molecule has 5 nitrogen and oxygen atoms in total. The van der Waals surface area contributed by atoms with E-state index >= 15 is 0 Å². The molecule has 118 valence electrons. The number of alkyl halides is 2. The molecule has 1 atom stereocenters. The number of halogens is 2. The van der Waals surface area contributed by atoms with E-state index in [1.807, 2.05) is 0 Å². The van der Waals surface area contributed by atoms with Gasteiger partial charge in [-0.05, 0) is 36.4 Å². The lowest BCUT2D eigenvalue weighted by atomic mass is 10.2. The quantitative estimate of drug-likeness (QED) is 0.850. The van der Waals surface area contributed by atoms with Crippen LogP contribution in [0.5, 0.6) is 0 Å². The van der Waals surface area contributed by atoms with Gasteiger partial charge in [-0.1, -0.05) is 6.07 Å². The monoisotopic (exact) mass is 328 g/mol. The summed E-state index contributed by atoms with van der Waals surface area (Å²) < 4.78 is 47.3. The predicted molar refractivity (Wildman–Crippen MR) is 77.3 cm³/mol. The van der Waals surface area contributed by atoms with Crippen LogP contribution in [0.25, 0.3) is 0 Å². The molecular formula is C14H14F2N2O3S. The summed E-state index contributed by atoms with van der Waals surface area (Å²) >= 11 is 0. The second-order valence-electron chi connectivity index (χ2n) is 4.48. The number of hydrogen-bond donors (Lipinski definition) is 2. The highest BCUT2D eigenvalue weighted by atomic mass is 32.2. The van der Waals surface area contributed by atoms with Gasteiger partial charge in [0.05, 0.1) is 10.6 Å². The van der Waals surface area contributed by atoms with Gasteiger partial charge in [-0.3, -0.25) is 4.98 Å². The fourth-order valence-electron chi connectivity index (χ4n) is 1.76. The van der Waals surface area contributed by atoms with Crippen molar-refractivity contribution in [3.05, 3.63) is 54.4 Å². The third-order valence-electron chi connectivity index (χ3n) is 2.95. The highest BCUT2D eigenvalue weighted by Gasteiger charge is 2.26. The second-order valence-corrected chi connectivity index (χ2v) is 6.40. The van der Waals surface area contributed by atoms with Crippen LogP contribution in [0.4, 0.5) is 14.5 Å². The zero-order valence-corrected chi connectivity index (χ0v) is 12.2. The Hall–Kier alpha value is -2.06. The fourth-order valence-corrected chi connectivity index (χ4v) is 2.48. The van der Waals surface area contributed by atoms with Crippen LogP contribution < -0.4 is 5.32 Å². The first-order valence-electron chi connectivity index (χ1n) is 6.36. The van der Waals surface area contributed by atoms with E-state index in [9.17, 15) is 22.3 Å².